The lowest BCUT2D eigenvalue weighted by atomic mass is 10.2. The Kier molecular flexibility index (Phi) is 6.73. The minimum Gasteiger partial charge on any atom is -0.337 e. The lowest BCUT2D eigenvalue weighted by molar-refractivity contribution is -0.131. The molecule has 0 saturated carbocycles. The number of carbonyl (C=O) groups is 1. The molecule has 0 aliphatic rings. The fraction of sp³-hybridized carbons (Fsp3) is 0.571. The van der Waals surface area contributed by atoms with Gasteiger partial charge >= 0.3 is 0 Å². The number of alkyl halides is 1. The summed E-state index contributed by atoms with van der Waals surface area (Å²) in [6.45, 7) is 5.27. The van der Waals surface area contributed by atoms with Crippen LogP contribution in [0.1, 0.15) is 37.6 Å². The second-order valence-electron chi connectivity index (χ2n) is 4.32. The normalized spacial score (nSPS) is 10.4. The molecule has 0 bridgehead atoms. The van der Waals surface area contributed by atoms with Gasteiger partial charge in [-0.15, -0.1) is 11.6 Å². The first kappa shape index (κ1) is 15.0. The molecule has 1 aromatic rings. The monoisotopic (exact) mass is 268 g/mol. The van der Waals surface area contributed by atoms with Crippen molar-refractivity contribution in [2.45, 2.75) is 39.7 Å². The number of rotatable bonds is 7. The molecule has 0 unspecified atom stereocenters. The van der Waals surface area contributed by atoms with Gasteiger partial charge in [-0.05, 0) is 38.8 Å². The van der Waals surface area contributed by atoms with E-state index in [0.29, 0.717) is 18.8 Å². The second-order valence-corrected chi connectivity index (χ2v) is 4.70. The number of nitrogens with zero attached hydrogens (tertiary/aromatic N) is 2. The number of carbonyl (C=O) groups excluding carboxylic acids is 1. The number of hydrogen-bond acceptors (Lipinski definition) is 2. The van der Waals surface area contributed by atoms with Crippen LogP contribution >= 0.6 is 11.6 Å². The van der Waals surface area contributed by atoms with Crippen LogP contribution in [-0.4, -0.2) is 28.2 Å². The Hall–Kier alpha value is -1.09. The second kappa shape index (κ2) is 8.09. The van der Waals surface area contributed by atoms with Crippen molar-refractivity contribution in [1.82, 2.24) is 9.88 Å². The van der Waals surface area contributed by atoms with Gasteiger partial charge in [0.2, 0.25) is 5.91 Å². The molecule has 1 aromatic heterocycles. The number of unbranched alkanes of at least 4 members (excludes halogenated alkanes) is 1. The van der Waals surface area contributed by atoms with Gasteiger partial charge in [-0.1, -0.05) is 6.07 Å². The van der Waals surface area contributed by atoms with Gasteiger partial charge in [-0.3, -0.25) is 9.78 Å². The highest BCUT2D eigenvalue weighted by atomic mass is 35.5. The predicted molar refractivity (Wildman–Crippen MR) is 74.6 cm³/mol. The maximum absolute atomic E-state index is 12.0. The van der Waals surface area contributed by atoms with Crippen LogP contribution in [0.4, 0.5) is 0 Å². The zero-order valence-corrected chi connectivity index (χ0v) is 11.9. The molecule has 0 aliphatic carbocycles. The van der Waals surface area contributed by atoms with Crippen molar-refractivity contribution in [3.8, 4) is 0 Å². The molecule has 0 saturated heterocycles. The molecule has 0 spiro atoms. The molecule has 0 aliphatic heterocycles. The van der Waals surface area contributed by atoms with Gasteiger partial charge in [0.1, 0.15) is 0 Å². The summed E-state index contributed by atoms with van der Waals surface area (Å²) in [6, 6.07) is 5.90. The highest BCUT2D eigenvalue weighted by molar-refractivity contribution is 6.17. The van der Waals surface area contributed by atoms with Crippen LogP contribution in [0.2, 0.25) is 0 Å². The molecular weight excluding hydrogens is 248 g/mol. The van der Waals surface area contributed by atoms with Crippen LogP contribution in [-0.2, 0) is 11.3 Å². The van der Waals surface area contributed by atoms with E-state index in [9.17, 15) is 4.79 Å². The molecular formula is C14H21ClN2O. The highest BCUT2D eigenvalue weighted by Crippen LogP contribution is 2.07. The summed E-state index contributed by atoms with van der Waals surface area (Å²) in [5.41, 5.74) is 1.93. The Balaban J connectivity index is 2.53. The molecule has 1 amide bonds. The van der Waals surface area contributed by atoms with Gasteiger partial charge in [0.25, 0.3) is 0 Å². The summed E-state index contributed by atoms with van der Waals surface area (Å²) in [5, 5.41) is 0. The minimum atomic E-state index is 0.186. The van der Waals surface area contributed by atoms with Crippen LogP contribution < -0.4 is 0 Å². The van der Waals surface area contributed by atoms with Gasteiger partial charge in [-0.25, -0.2) is 0 Å². The summed E-state index contributed by atoms with van der Waals surface area (Å²) in [4.78, 5) is 18.3. The van der Waals surface area contributed by atoms with E-state index >= 15 is 0 Å². The number of aryl methyl sites for hydroxylation is 1. The third kappa shape index (κ3) is 5.05. The summed E-state index contributed by atoms with van der Waals surface area (Å²) >= 11 is 5.61. The minimum absolute atomic E-state index is 0.186. The van der Waals surface area contributed by atoms with E-state index in [-0.39, 0.29) is 5.91 Å². The number of aromatic nitrogens is 1. The topological polar surface area (TPSA) is 33.2 Å². The third-order valence-electron chi connectivity index (χ3n) is 2.81. The molecule has 0 aromatic carbocycles. The number of amides is 1. The highest BCUT2D eigenvalue weighted by Gasteiger charge is 2.12. The molecule has 0 atom stereocenters. The first-order valence-corrected chi connectivity index (χ1v) is 6.97. The van der Waals surface area contributed by atoms with Crippen molar-refractivity contribution in [3.05, 3.63) is 29.6 Å². The fourth-order valence-corrected chi connectivity index (χ4v) is 1.98. The van der Waals surface area contributed by atoms with Crippen LogP contribution in [0.3, 0.4) is 0 Å². The zero-order chi connectivity index (χ0) is 13.4. The van der Waals surface area contributed by atoms with Crippen LogP contribution in [0.15, 0.2) is 18.2 Å². The van der Waals surface area contributed by atoms with Crippen molar-refractivity contribution in [2.75, 3.05) is 12.4 Å². The van der Waals surface area contributed by atoms with Crippen molar-refractivity contribution in [2.24, 2.45) is 0 Å². The first-order chi connectivity index (χ1) is 8.67. The predicted octanol–water partition coefficient (Wildman–Crippen LogP) is 3.15. The van der Waals surface area contributed by atoms with Crippen molar-refractivity contribution in [3.63, 3.8) is 0 Å². The molecule has 1 heterocycles. The molecule has 0 radical (unpaired) electrons. The Morgan fingerprint density at radius 3 is 2.78 bits per heavy atom. The van der Waals surface area contributed by atoms with E-state index in [4.69, 9.17) is 11.6 Å². The SMILES string of the molecule is CCN(Cc1cccc(C)n1)C(=O)CCCCCl. The van der Waals surface area contributed by atoms with Gasteiger partial charge in [0.05, 0.1) is 12.2 Å². The van der Waals surface area contributed by atoms with Crippen molar-refractivity contribution >= 4 is 17.5 Å². The van der Waals surface area contributed by atoms with Gasteiger partial charge in [0.15, 0.2) is 0 Å². The Labute approximate surface area is 114 Å². The van der Waals surface area contributed by atoms with E-state index in [1.807, 2.05) is 36.9 Å². The lowest BCUT2D eigenvalue weighted by Gasteiger charge is -2.20. The molecule has 100 valence electrons. The standard InChI is InChI=1S/C14H21ClN2O/c1-3-17(14(18)9-4-5-10-15)11-13-8-6-7-12(2)16-13/h6-8H,3-5,9-11H2,1-2H3. The number of hydrogen-bond donors (Lipinski definition) is 0. The molecule has 0 fully saturated rings. The lowest BCUT2D eigenvalue weighted by Crippen LogP contribution is -2.30. The van der Waals surface area contributed by atoms with Crippen LogP contribution in [0, 0.1) is 6.92 Å². The van der Waals surface area contributed by atoms with Crippen molar-refractivity contribution < 1.29 is 4.79 Å². The molecule has 1 rings (SSSR count). The van der Waals surface area contributed by atoms with E-state index in [2.05, 4.69) is 4.98 Å². The first-order valence-electron chi connectivity index (χ1n) is 6.43. The molecule has 0 N–H and O–H groups in total. The van der Waals surface area contributed by atoms with E-state index in [1.165, 1.54) is 0 Å². The van der Waals surface area contributed by atoms with Gasteiger partial charge in [0, 0.05) is 24.5 Å². The van der Waals surface area contributed by atoms with Crippen molar-refractivity contribution in [1.29, 1.82) is 0 Å². The van der Waals surface area contributed by atoms with E-state index in [1.54, 1.807) is 0 Å². The Morgan fingerprint density at radius 1 is 1.39 bits per heavy atom. The fourth-order valence-electron chi connectivity index (χ4n) is 1.79. The molecule has 4 heteroatoms. The third-order valence-corrected chi connectivity index (χ3v) is 3.07. The van der Waals surface area contributed by atoms with Crippen LogP contribution in [0.25, 0.3) is 0 Å². The molecule has 3 nitrogen and oxygen atoms in total. The number of halogens is 1. The average Bonchev–Trinajstić information content (AvgIpc) is 2.36. The largest absolute Gasteiger partial charge is 0.337 e. The van der Waals surface area contributed by atoms with Gasteiger partial charge in [-0.2, -0.15) is 0 Å². The maximum atomic E-state index is 12.0. The smallest absolute Gasteiger partial charge is 0.222 e. The Morgan fingerprint density at radius 2 is 2.17 bits per heavy atom. The number of pyridine rings is 1. The van der Waals surface area contributed by atoms with Crippen LogP contribution in [0.5, 0.6) is 0 Å². The van der Waals surface area contributed by atoms with Gasteiger partial charge < -0.3 is 4.90 Å². The summed E-state index contributed by atoms with van der Waals surface area (Å²) in [6.07, 6.45) is 2.33. The summed E-state index contributed by atoms with van der Waals surface area (Å²) < 4.78 is 0. The summed E-state index contributed by atoms with van der Waals surface area (Å²) in [5.74, 6) is 0.810. The van der Waals surface area contributed by atoms with E-state index in [0.717, 1.165) is 30.8 Å². The Bertz CT molecular complexity index is 382. The quantitative estimate of drug-likeness (QED) is 0.562. The summed E-state index contributed by atoms with van der Waals surface area (Å²) in [7, 11) is 0. The average molecular weight is 269 g/mol. The zero-order valence-electron chi connectivity index (χ0n) is 11.2. The van der Waals surface area contributed by atoms with E-state index < -0.39 is 0 Å². The molecule has 18 heavy (non-hydrogen) atoms. The maximum Gasteiger partial charge on any atom is 0.222 e.